The van der Waals surface area contributed by atoms with Crippen molar-refractivity contribution in [3.05, 3.63) is 34.9 Å². The first-order chi connectivity index (χ1) is 11.2. The topological polar surface area (TPSA) is 44.8 Å². The average molecular weight is 338 g/mol. The summed E-state index contributed by atoms with van der Waals surface area (Å²) in [6.45, 7) is 6.59. The summed E-state index contributed by atoms with van der Waals surface area (Å²) in [4.78, 5) is 16.5. The maximum Gasteiger partial charge on any atom is 0.317 e. The second kappa shape index (κ2) is 7.99. The molecule has 1 atom stereocenters. The molecule has 5 nitrogen and oxygen atoms in total. The SMILES string of the molecule is O=C(NCCN1CCOCC1)N1CC[C@H](c2ccccc2Cl)C1. The van der Waals surface area contributed by atoms with E-state index in [4.69, 9.17) is 16.3 Å². The minimum atomic E-state index is 0.0350. The summed E-state index contributed by atoms with van der Waals surface area (Å²) in [5, 5.41) is 3.83. The number of hydrogen-bond acceptors (Lipinski definition) is 3. The monoisotopic (exact) mass is 337 g/mol. The number of rotatable bonds is 4. The number of likely N-dealkylation sites (tertiary alicyclic amines) is 1. The summed E-state index contributed by atoms with van der Waals surface area (Å²) >= 11 is 6.27. The number of nitrogens with one attached hydrogen (secondary N) is 1. The molecule has 2 saturated heterocycles. The molecular formula is C17H24ClN3O2. The van der Waals surface area contributed by atoms with Gasteiger partial charge in [-0.1, -0.05) is 29.8 Å². The van der Waals surface area contributed by atoms with Crippen molar-refractivity contribution >= 4 is 17.6 Å². The second-order valence-corrected chi connectivity index (χ2v) is 6.55. The van der Waals surface area contributed by atoms with E-state index in [1.807, 2.05) is 23.1 Å². The second-order valence-electron chi connectivity index (χ2n) is 6.14. The zero-order valence-corrected chi connectivity index (χ0v) is 14.1. The van der Waals surface area contributed by atoms with Crippen LogP contribution in [0.15, 0.2) is 24.3 Å². The number of nitrogens with zero attached hydrogens (tertiary/aromatic N) is 2. The molecule has 0 spiro atoms. The van der Waals surface area contributed by atoms with Crippen LogP contribution in [0.4, 0.5) is 4.79 Å². The van der Waals surface area contributed by atoms with Crippen LogP contribution in [0.2, 0.25) is 5.02 Å². The van der Waals surface area contributed by atoms with Gasteiger partial charge >= 0.3 is 6.03 Å². The van der Waals surface area contributed by atoms with Crippen molar-refractivity contribution in [2.24, 2.45) is 0 Å². The first-order valence-electron chi connectivity index (χ1n) is 8.31. The number of benzene rings is 1. The number of amides is 2. The summed E-state index contributed by atoms with van der Waals surface area (Å²) in [7, 11) is 0. The van der Waals surface area contributed by atoms with Gasteiger partial charge in [0.15, 0.2) is 0 Å². The zero-order chi connectivity index (χ0) is 16.1. The van der Waals surface area contributed by atoms with Gasteiger partial charge in [-0.3, -0.25) is 4.90 Å². The minimum absolute atomic E-state index is 0.0350. The van der Waals surface area contributed by atoms with Crippen molar-refractivity contribution in [1.82, 2.24) is 15.1 Å². The summed E-state index contributed by atoms with van der Waals surface area (Å²) in [6.07, 6.45) is 0.973. The molecule has 0 radical (unpaired) electrons. The molecule has 2 fully saturated rings. The fourth-order valence-corrected chi connectivity index (χ4v) is 3.55. The highest BCUT2D eigenvalue weighted by Gasteiger charge is 2.28. The number of urea groups is 1. The molecule has 2 heterocycles. The Morgan fingerprint density at radius 1 is 1.26 bits per heavy atom. The van der Waals surface area contributed by atoms with Gasteiger partial charge in [-0.15, -0.1) is 0 Å². The summed E-state index contributed by atoms with van der Waals surface area (Å²) < 4.78 is 5.32. The number of morpholine rings is 1. The van der Waals surface area contributed by atoms with E-state index >= 15 is 0 Å². The van der Waals surface area contributed by atoms with E-state index in [1.54, 1.807) is 0 Å². The molecule has 0 aliphatic carbocycles. The third-order valence-electron chi connectivity index (χ3n) is 4.63. The molecule has 0 aromatic heterocycles. The van der Waals surface area contributed by atoms with Gasteiger partial charge in [0.1, 0.15) is 0 Å². The predicted octanol–water partition coefficient (Wildman–Crippen LogP) is 2.17. The number of carbonyl (C=O) groups excluding carboxylic acids is 1. The van der Waals surface area contributed by atoms with Crippen LogP contribution in [0.25, 0.3) is 0 Å². The van der Waals surface area contributed by atoms with Crippen molar-refractivity contribution in [3.8, 4) is 0 Å². The third-order valence-corrected chi connectivity index (χ3v) is 4.97. The van der Waals surface area contributed by atoms with Gasteiger partial charge in [0.05, 0.1) is 13.2 Å². The molecule has 0 unspecified atom stereocenters. The lowest BCUT2D eigenvalue weighted by molar-refractivity contribution is 0.0386. The van der Waals surface area contributed by atoms with Gasteiger partial charge in [0.25, 0.3) is 0 Å². The van der Waals surface area contributed by atoms with Crippen LogP contribution in [-0.2, 0) is 4.74 Å². The molecule has 3 rings (SSSR count). The average Bonchev–Trinajstić information content (AvgIpc) is 3.06. The Morgan fingerprint density at radius 3 is 2.83 bits per heavy atom. The van der Waals surface area contributed by atoms with Crippen LogP contribution in [-0.4, -0.2) is 68.3 Å². The standard InChI is InChI=1S/C17H24ClN3O2/c18-16-4-2-1-3-15(16)14-5-7-21(13-14)17(22)19-6-8-20-9-11-23-12-10-20/h1-4,14H,5-13H2,(H,19,22)/t14-/m0/s1. The van der Waals surface area contributed by atoms with Crippen LogP contribution in [0, 0.1) is 0 Å². The Labute approximate surface area is 142 Å². The molecule has 2 aliphatic rings. The number of ether oxygens (including phenoxy) is 1. The molecular weight excluding hydrogens is 314 g/mol. The van der Waals surface area contributed by atoms with Crippen LogP contribution in [0.5, 0.6) is 0 Å². The highest BCUT2D eigenvalue weighted by atomic mass is 35.5. The van der Waals surface area contributed by atoms with Crippen LogP contribution in [0.1, 0.15) is 17.9 Å². The van der Waals surface area contributed by atoms with Gasteiger partial charge in [-0.2, -0.15) is 0 Å². The molecule has 0 bridgehead atoms. The highest BCUT2D eigenvalue weighted by Crippen LogP contribution is 2.31. The molecule has 1 N–H and O–H groups in total. The fourth-order valence-electron chi connectivity index (χ4n) is 3.26. The molecule has 23 heavy (non-hydrogen) atoms. The van der Waals surface area contributed by atoms with Crippen molar-refractivity contribution in [3.63, 3.8) is 0 Å². The van der Waals surface area contributed by atoms with Crippen molar-refractivity contribution in [1.29, 1.82) is 0 Å². The normalized spacial score (nSPS) is 22.3. The lowest BCUT2D eigenvalue weighted by atomic mass is 9.98. The van der Waals surface area contributed by atoms with Crippen molar-refractivity contribution < 1.29 is 9.53 Å². The highest BCUT2D eigenvalue weighted by molar-refractivity contribution is 6.31. The maximum absolute atomic E-state index is 12.3. The van der Waals surface area contributed by atoms with Crippen LogP contribution in [0.3, 0.4) is 0 Å². The molecule has 0 saturated carbocycles. The first kappa shape index (κ1) is 16.6. The molecule has 1 aromatic carbocycles. The van der Waals surface area contributed by atoms with Crippen LogP contribution < -0.4 is 5.32 Å². The Hall–Kier alpha value is -1.30. The molecule has 2 amide bonds. The number of carbonyl (C=O) groups is 1. The summed E-state index contributed by atoms with van der Waals surface area (Å²) in [6, 6.07) is 7.96. The van der Waals surface area contributed by atoms with E-state index in [9.17, 15) is 4.79 Å². The fraction of sp³-hybridized carbons (Fsp3) is 0.588. The van der Waals surface area contributed by atoms with Crippen molar-refractivity contribution in [2.45, 2.75) is 12.3 Å². The Morgan fingerprint density at radius 2 is 2.04 bits per heavy atom. The largest absolute Gasteiger partial charge is 0.379 e. The van der Waals surface area contributed by atoms with Gasteiger partial charge < -0.3 is 15.0 Å². The quantitative estimate of drug-likeness (QED) is 0.916. The minimum Gasteiger partial charge on any atom is -0.379 e. The molecule has 1 aromatic rings. The van der Waals surface area contributed by atoms with Crippen molar-refractivity contribution in [2.75, 3.05) is 52.5 Å². The molecule has 2 aliphatic heterocycles. The Balaban J connectivity index is 1.43. The van der Waals surface area contributed by atoms with Crippen LogP contribution >= 0.6 is 11.6 Å². The first-order valence-corrected chi connectivity index (χ1v) is 8.69. The molecule has 6 heteroatoms. The van der Waals surface area contributed by atoms with Gasteiger partial charge in [0.2, 0.25) is 0 Å². The van der Waals surface area contributed by atoms with Gasteiger partial charge in [-0.25, -0.2) is 4.79 Å². The van der Waals surface area contributed by atoms with Gasteiger partial charge in [-0.05, 0) is 18.1 Å². The number of hydrogen-bond donors (Lipinski definition) is 1. The van der Waals surface area contributed by atoms with E-state index in [0.717, 1.165) is 62.9 Å². The zero-order valence-electron chi connectivity index (χ0n) is 13.3. The Kier molecular flexibility index (Phi) is 5.75. The lowest BCUT2D eigenvalue weighted by Gasteiger charge is -2.27. The smallest absolute Gasteiger partial charge is 0.317 e. The van der Waals surface area contributed by atoms with E-state index in [-0.39, 0.29) is 6.03 Å². The van der Waals surface area contributed by atoms with E-state index < -0.39 is 0 Å². The molecule has 126 valence electrons. The lowest BCUT2D eigenvalue weighted by Crippen LogP contribution is -2.44. The van der Waals surface area contributed by atoms with Gasteiger partial charge in [0, 0.05) is 50.2 Å². The summed E-state index contributed by atoms with van der Waals surface area (Å²) in [5.41, 5.74) is 1.15. The third kappa shape index (κ3) is 4.37. The summed E-state index contributed by atoms with van der Waals surface area (Å²) in [5.74, 6) is 0.341. The van der Waals surface area contributed by atoms with E-state index in [2.05, 4.69) is 16.3 Å². The van der Waals surface area contributed by atoms with E-state index in [0.29, 0.717) is 12.5 Å². The predicted molar refractivity (Wildman–Crippen MR) is 91.0 cm³/mol. The maximum atomic E-state index is 12.3. The number of halogens is 1. The van der Waals surface area contributed by atoms with E-state index in [1.165, 1.54) is 0 Å². The Bertz CT molecular complexity index is 534.